The summed E-state index contributed by atoms with van der Waals surface area (Å²) in [5.41, 5.74) is 12.0. The van der Waals surface area contributed by atoms with Gasteiger partial charge in [-0.1, -0.05) is 140 Å². The van der Waals surface area contributed by atoms with Crippen LogP contribution in [0.2, 0.25) is 0 Å². The number of hydrogen-bond acceptors (Lipinski definition) is 4. The van der Waals surface area contributed by atoms with Crippen LogP contribution in [0, 0.1) is 33.8 Å². The zero-order valence-corrected chi connectivity index (χ0v) is 37.4. The van der Waals surface area contributed by atoms with Gasteiger partial charge >= 0.3 is 37.9 Å². The van der Waals surface area contributed by atoms with Crippen LogP contribution < -0.4 is 14.2 Å². The van der Waals surface area contributed by atoms with Crippen molar-refractivity contribution in [1.82, 2.24) is 0 Å². The van der Waals surface area contributed by atoms with Crippen LogP contribution in [0.25, 0.3) is 66.1 Å². The number of hydrogen-bond donors (Lipinski definition) is 1. The molecule has 0 atom stereocenters. The monoisotopic (exact) mass is 907 g/mol. The van der Waals surface area contributed by atoms with E-state index in [4.69, 9.17) is 31.2 Å². The molecule has 4 nitrogen and oxygen atoms in total. The number of fused-ring (bicyclic) bond motifs is 5. The van der Waals surface area contributed by atoms with Crippen LogP contribution in [0.5, 0.6) is 23.0 Å². The Morgan fingerprint density at radius 1 is 0.600 bits per heavy atom. The number of halogens is 2. The Kier molecular flexibility index (Phi) is 13.7. The summed E-state index contributed by atoms with van der Waals surface area (Å²) in [4.78, 5) is 0. The Labute approximate surface area is 372 Å². The van der Waals surface area contributed by atoms with Crippen molar-refractivity contribution in [3.05, 3.63) is 174 Å². The Morgan fingerprint density at radius 2 is 1.15 bits per heavy atom. The van der Waals surface area contributed by atoms with Crippen LogP contribution in [0.3, 0.4) is 0 Å². The molecule has 0 saturated heterocycles. The molecule has 0 fully saturated rings. The SMILES string of the molecule is C.Cc1ccc(OC[C-]2CCOc3ccc(C)cc3-c3cccc(-c4c(C)ccc5ccccc45)c3O2)c(-c2cccc(-c3c(C)ccc4ccccc34)c2O)c1.[Cl][Zr][Cl]. The number of aryl methyl sites for hydroxylation is 4. The van der Waals surface area contributed by atoms with Gasteiger partial charge in [0.15, 0.2) is 0 Å². The molecular formula is C53H47Cl2O4Zr-. The van der Waals surface area contributed by atoms with Crippen molar-refractivity contribution in [2.75, 3.05) is 13.2 Å². The minimum atomic E-state index is -0.826. The molecule has 7 heteroatoms. The van der Waals surface area contributed by atoms with Gasteiger partial charge in [0, 0.05) is 40.0 Å². The molecule has 8 aromatic carbocycles. The Balaban J connectivity index is 0.00000132. The average Bonchev–Trinajstić information content (AvgIpc) is 3.31. The van der Waals surface area contributed by atoms with Crippen molar-refractivity contribution in [2.24, 2.45) is 0 Å². The van der Waals surface area contributed by atoms with Crippen molar-refractivity contribution in [3.63, 3.8) is 0 Å². The second kappa shape index (κ2) is 19.1. The second-order valence-corrected chi connectivity index (χ2v) is 18.7. The summed E-state index contributed by atoms with van der Waals surface area (Å²) in [6.45, 7) is 9.05. The predicted molar refractivity (Wildman–Crippen MR) is 248 cm³/mol. The summed E-state index contributed by atoms with van der Waals surface area (Å²) in [5, 5.41) is 16.6. The first-order valence-electron chi connectivity index (χ1n) is 19.6. The summed E-state index contributed by atoms with van der Waals surface area (Å²) in [6, 6.07) is 50.3. The van der Waals surface area contributed by atoms with E-state index < -0.39 is 20.8 Å². The van der Waals surface area contributed by atoms with Gasteiger partial charge in [0.1, 0.15) is 23.0 Å². The van der Waals surface area contributed by atoms with Crippen molar-refractivity contribution >= 4 is 38.6 Å². The van der Waals surface area contributed by atoms with Crippen LogP contribution in [0.1, 0.15) is 36.1 Å². The van der Waals surface area contributed by atoms with Gasteiger partial charge in [-0.25, -0.2) is 0 Å². The first-order valence-corrected chi connectivity index (χ1v) is 26.0. The molecule has 1 aliphatic rings. The summed E-state index contributed by atoms with van der Waals surface area (Å²) in [6.07, 6.45) is 1.27. The van der Waals surface area contributed by atoms with Gasteiger partial charge in [0.2, 0.25) is 0 Å². The molecule has 60 heavy (non-hydrogen) atoms. The summed E-state index contributed by atoms with van der Waals surface area (Å²) < 4.78 is 20.3. The summed E-state index contributed by atoms with van der Waals surface area (Å²) in [5.74, 6) is 2.49. The third-order valence-corrected chi connectivity index (χ3v) is 11.0. The Bertz CT molecular complexity index is 2820. The molecule has 8 aromatic rings. The number of rotatable bonds is 6. The van der Waals surface area contributed by atoms with Gasteiger partial charge in [0.05, 0.1) is 6.61 Å². The minimum absolute atomic E-state index is 0. The topological polar surface area (TPSA) is 47.9 Å². The number of phenols is 1. The van der Waals surface area contributed by atoms with E-state index in [0.29, 0.717) is 24.3 Å². The quantitative estimate of drug-likeness (QED) is 0.169. The van der Waals surface area contributed by atoms with E-state index in [0.717, 1.165) is 84.0 Å². The molecule has 0 spiro atoms. The van der Waals surface area contributed by atoms with Gasteiger partial charge < -0.3 is 19.3 Å². The maximum atomic E-state index is 12.1. The molecule has 0 aromatic heterocycles. The molecule has 0 aliphatic carbocycles. The van der Waals surface area contributed by atoms with E-state index in [1.807, 2.05) is 42.5 Å². The van der Waals surface area contributed by atoms with Crippen LogP contribution in [-0.2, 0) is 20.8 Å². The molecule has 0 saturated carbocycles. The summed E-state index contributed by atoms with van der Waals surface area (Å²) >= 11 is -0.826. The third-order valence-electron chi connectivity index (χ3n) is 11.0. The molecule has 1 aliphatic heterocycles. The second-order valence-electron chi connectivity index (χ2n) is 14.9. The van der Waals surface area contributed by atoms with Gasteiger partial charge in [-0.15, -0.1) is 12.5 Å². The molecule has 0 unspecified atom stereocenters. The molecule has 302 valence electrons. The van der Waals surface area contributed by atoms with Gasteiger partial charge in [-0.3, -0.25) is 0 Å². The first kappa shape index (κ1) is 43.0. The molecule has 9 rings (SSSR count). The number of benzene rings is 8. The standard InChI is InChI=1S/C52H43O4.CH4.2ClH.Zr/c1-32-20-26-48(45(29-32)41-15-9-17-43(51(41)53)49-34(3)21-23-36-11-5-7-13-39(36)49)55-31-38-27-28-54-47-25-19-33(2)30-46(47)42-16-10-18-44(52(42)56-38)50-35(4)22-24-37-12-6-8-14-40(37)50;;;;/h5-26,29-30,53H,27-28,31H2,1-4H3;1H4;2*1H;/q-1;;;;+2/p-2. The predicted octanol–water partition coefficient (Wildman–Crippen LogP) is 15.4. The molecular weight excluding hydrogens is 863 g/mol. The van der Waals surface area contributed by atoms with Crippen LogP contribution in [-0.4, -0.2) is 18.3 Å². The van der Waals surface area contributed by atoms with Crippen molar-refractivity contribution in [3.8, 4) is 67.5 Å². The zero-order chi connectivity index (χ0) is 41.0. The van der Waals surface area contributed by atoms with E-state index in [1.54, 1.807) is 0 Å². The number of phenolic OH excluding ortho intramolecular Hbond substituents is 1. The third kappa shape index (κ3) is 8.73. The van der Waals surface area contributed by atoms with Crippen LogP contribution in [0.4, 0.5) is 0 Å². The summed E-state index contributed by atoms with van der Waals surface area (Å²) in [7, 11) is 9.87. The molecule has 1 heterocycles. The Morgan fingerprint density at radius 3 is 1.82 bits per heavy atom. The maximum absolute atomic E-state index is 12.1. The van der Waals surface area contributed by atoms with Gasteiger partial charge in [-0.2, -0.15) is 0 Å². The van der Waals surface area contributed by atoms with Gasteiger partial charge in [-0.05, 0) is 95.8 Å². The fraction of sp³-hybridized carbons (Fsp3) is 0.151. The Hall–Kier alpha value is -5.06. The molecule has 0 amide bonds. The number of ether oxygens (including phenoxy) is 3. The van der Waals surface area contributed by atoms with Gasteiger partial charge in [0.25, 0.3) is 0 Å². The van der Waals surface area contributed by atoms with E-state index in [-0.39, 0.29) is 19.8 Å². The average molecular weight is 910 g/mol. The molecule has 0 radical (unpaired) electrons. The van der Waals surface area contributed by atoms with Crippen LogP contribution in [0.15, 0.2) is 146 Å². The van der Waals surface area contributed by atoms with E-state index >= 15 is 0 Å². The van der Waals surface area contributed by atoms with E-state index in [2.05, 4.69) is 131 Å². The fourth-order valence-corrected chi connectivity index (χ4v) is 8.19. The van der Waals surface area contributed by atoms with Crippen molar-refractivity contribution in [1.29, 1.82) is 0 Å². The number of para-hydroxylation sites is 2. The number of aromatic hydroxyl groups is 1. The molecule has 0 bridgehead atoms. The van der Waals surface area contributed by atoms with Crippen LogP contribution >= 0.6 is 17.0 Å². The van der Waals surface area contributed by atoms with Crippen molar-refractivity contribution < 1.29 is 40.2 Å². The van der Waals surface area contributed by atoms with E-state index in [1.165, 1.54) is 16.3 Å². The normalized spacial score (nSPS) is 12.2. The first-order chi connectivity index (χ1) is 28.7. The molecule has 1 N–H and O–H groups in total. The fourth-order valence-electron chi connectivity index (χ4n) is 8.19. The zero-order valence-electron chi connectivity index (χ0n) is 33.4. The van der Waals surface area contributed by atoms with Crippen molar-refractivity contribution in [2.45, 2.75) is 41.5 Å². The van der Waals surface area contributed by atoms with E-state index in [9.17, 15) is 5.11 Å².